The van der Waals surface area contributed by atoms with Crippen molar-refractivity contribution in [2.24, 2.45) is 5.73 Å². The van der Waals surface area contributed by atoms with Crippen LogP contribution in [-0.4, -0.2) is 19.3 Å². The van der Waals surface area contributed by atoms with Gasteiger partial charge in [-0.15, -0.1) is 0 Å². The van der Waals surface area contributed by atoms with Gasteiger partial charge in [-0.05, 0) is 46.5 Å². The molecule has 1 aromatic carbocycles. The van der Waals surface area contributed by atoms with Gasteiger partial charge in [0.2, 0.25) is 0 Å². The average Bonchev–Trinajstić information content (AvgIpc) is 2.77. The highest BCUT2D eigenvalue weighted by atomic mass is 79.9. The molecule has 0 bridgehead atoms. The van der Waals surface area contributed by atoms with Gasteiger partial charge in [0.25, 0.3) is 0 Å². The topological polar surface area (TPSA) is 44.5 Å². The Kier molecular flexibility index (Phi) is 4.65. The summed E-state index contributed by atoms with van der Waals surface area (Å²) in [7, 11) is 1.66. The van der Waals surface area contributed by atoms with Gasteiger partial charge >= 0.3 is 0 Å². The summed E-state index contributed by atoms with van der Waals surface area (Å²) in [5.41, 5.74) is 7.28. The van der Waals surface area contributed by atoms with Crippen molar-refractivity contribution in [1.82, 2.24) is 0 Å². The molecule has 100 valence electrons. The van der Waals surface area contributed by atoms with E-state index in [0.717, 1.165) is 28.6 Å². The molecule has 0 spiro atoms. The van der Waals surface area contributed by atoms with Gasteiger partial charge in [-0.3, -0.25) is 0 Å². The molecule has 18 heavy (non-hydrogen) atoms. The molecule has 1 saturated carbocycles. The van der Waals surface area contributed by atoms with Crippen molar-refractivity contribution < 1.29 is 9.47 Å². The highest BCUT2D eigenvalue weighted by Gasteiger charge is 2.29. The largest absolute Gasteiger partial charge is 0.496 e. The van der Waals surface area contributed by atoms with Gasteiger partial charge in [0, 0.05) is 5.54 Å². The molecule has 0 unspecified atom stereocenters. The van der Waals surface area contributed by atoms with E-state index in [9.17, 15) is 0 Å². The smallest absolute Gasteiger partial charge is 0.133 e. The molecule has 0 heterocycles. The second kappa shape index (κ2) is 6.04. The van der Waals surface area contributed by atoms with E-state index in [2.05, 4.69) is 15.9 Å². The van der Waals surface area contributed by atoms with Crippen LogP contribution in [0.15, 0.2) is 22.7 Å². The number of halogens is 1. The van der Waals surface area contributed by atoms with Crippen LogP contribution in [0.5, 0.6) is 5.75 Å². The third-order valence-electron chi connectivity index (χ3n) is 3.47. The number of ether oxygens (including phenoxy) is 2. The standard InChI is InChI=1S/C14H20BrNO2/c1-17-13-5-4-11(8-12(13)15)9-18-10-14(16)6-2-3-7-14/h4-5,8H,2-3,6-7,9-10,16H2,1H3. The van der Waals surface area contributed by atoms with Crippen LogP contribution in [0.25, 0.3) is 0 Å². The molecule has 2 rings (SSSR count). The molecule has 0 radical (unpaired) electrons. The Hall–Kier alpha value is -0.580. The van der Waals surface area contributed by atoms with Crippen molar-refractivity contribution in [3.63, 3.8) is 0 Å². The van der Waals surface area contributed by atoms with Gasteiger partial charge in [0.15, 0.2) is 0 Å². The van der Waals surface area contributed by atoms with E-state index in [1.165, 1.54) is 12.8 Å². The lowest BCUT2D eigenvalue weighted by atomic mass is 10.0. The number of rotatable bonds is 5. The van der Waals surface area contributed by atoms with Gasteiger partial charge in [0.1, 0.15) is 5.75 Å². The van der Waals surface area contributed by atoms with E-state index in [-0.39, 0.29) is 5.54 Å². The molecule has 1 aromatic rings. The first kappa shape index (κ1) is 13.8. The zero-order valence-corrected chi connectivity index (χ0v) is 12.3. The highest BCUT2D eigenvalue weighted by molar-refractivity contribution is 9.10. The third-order valence-corrected chi connectivity index (χ3v) is 4.09. The van der Waals surface area contributed by atoms with Crippen LogP contribution in [0.2, 0.25) is 0 Å². The minimum Gasteiger partial charge on any atom is -0.496 e. The summed E-state index contributed by atoms with van der Waals surface area (Å²) in [4.78, 5) is 0. The van der Waals surface area contributed by atoms with Crippen molar-refractivity contribution in [1.29, 1.82) is 0 Å². The van der Waals surface area contributed by atoms with Crippen LogP contribution < -0.4 is 10.5 Å². The highest BCUT2D eigenvalue weighted by Crippen LogP contribution is 2.28. The maximum Gasteiger partial charge on any atom is 0.133 e. The van der Waals surface area contributed by atoms with Crippen LogP contribution in [0.1, 0.15) is 31.2 Å². The molecule has 4 heteroatoms. The number of benzene rings is 1. The molecule has 1 fully saturated rings. The summed E-state index contributed by atoms with van der Waals surface area (Å²) >= 11 is 3.47. The molecular formula is C14H20BrNO2. The molecule has 2 N–H and O–H groups in total. The molecule has 1 aliphatic carbocycles. The maximum absolute atomic E-state index is 6.24. The summed E-state index contributed by atoms with van der Waals surface area (Å²) in [6.07, 6.45) is 4.63. The Morgan fingerprint density at radius 2 is 2.06 bits per heavy atom. The van der Waals surface area contributed by atoms with Crippen molar-refractivity contribution in [3.8, 4) is 5.75 Å². The Morgan fingerprint density at radius 3 is 2.67 bits per heavy atom. The molecular weight excluding hydrogens is 294 g/mol. The lowest BCUT2D eigenvalue weighted by Gasteiger charge is -2.23. The minimum absolute atomic E-state index is 0.0935. The van der Waals surface area contributed by atoms with Crippen LogP contribution in [0.4, 0.5) is 0 Å². The van der Waals surface area contributed by atoms with Crippen molar-refractivity contribution in [2.75, 3.05) is 13.7 Å². The summed E-state index contributed by atoms with van der Waals surface area (Å²) in [6, 6.07) is 5.98. The molecule has 0 saturated heterocycles. The van der Waals surface area contributed by atoms with E-state index < -0.39 is 0 Å². The Bertz CT molecular complexity index is 403. The Morgan fingerprint density at radius 1 is 1.33 bits per heavy atom. The second-order valence-electron chi connectivity index (χ2n) is 5.03. The van der Waals surface area contributed by atoms with Gasteiger partial charge in [0.05, 0.1) is 24.8 Å². The molecule has 0 atom stereocenters. The number of nitrogens with two attached hydrogens (primary N) is 1. The van der Waals surface area contributed by atoms with Crippen LogP contribution in [-0.2, 0) is 11.3 Å². The molecule has 0 aliphatic heterocycles. The zero-order chi connectivity index (χ0) is 13.0. The molecule has 3 nitrogen and oxygen atoms in total. The van der Waals surface area contributed by atoms with Crippen LogP contribution in [0, 0.1) is 0 Å². The van der Waals surface area contributed by atoms with E-state index in [4.69, 9.17) is 15.2 Å². The maximum atomic E-state index is 6.24. The Labute approximate surface area is 117 Å². The number of hydrogen-bond donors (Lipinski definition) is 1. The second-order valence-corrected chi connectivity index (χ2v) is 5.89. The summed E-state index contributed by atoms with van der Waals surface area (Å²) in [5, 5.41) is 0. The lowest BCUT2D eigenvalue weighted by molar-refractivity contribution is 0.0750. The van der Waals surface area contributed by atoms with E-state index in [1.54, 1.807) is 7.11 Å². The average molecular weight is 314 g/mol. The number of hydrogen-bond acceptors (Lipinski definition) is 3. The quantitative estimate of drug-likeness (QED) is 0.907. The normalized spacial score (nSPS) is 17.9. The summed E-state index contributed by atoms with van der Waals surface area (Å²) < 4.78 is 11.9. The third kappa shape index (κ3) is 3.46. The fourth-order valence-electron chi connectivity index (χ4n) is 2.40. The van der Waals surface area contributed by atoms with Crippen molar-refractivity contribution in [3.05, 3.63) is 28.2 Å². The van der Waals surface area contributed by atoms with Crippen LogP contribution >= 0.6 is 15.9 Å². The fraction of sp³-hybridized carbons (Fsp3) is 0.571. The fourth-order valence-corrected chi connectivity index (χ4v) is 2.98. The van der Waals surface area contributed by atoms with Crippen molar-refractivity contribution >= 4 is 15.9 Å². The monoisotopic (exact) mass is 313 g/mol. The summed E-state index contributed by atoms with van der Waals surface area (Å²) in [6.45, 7) is 1.25. The van der Waals surface area contributed by atoms with Crippen molar-refractivity contribution in [2.45, 2.75) is 37.8 Å². The van der Waals surface area contributed by atoms with Crippen LogP contribution in [0.3, 0.4) is 0 Å². The zero-order valence-electron chi connectivity index (χ0n) is 10.7. The van der Waals surface area contributed by atoms with Gasteiger partial charge in [-0.1, -0.05) is 18.9 Å². The minimum atomic E-state index is -0.0935. The van der Waals surface area contributed by atoms with E-state index in [1.807, 2.05) is 18.2 Å². The summed E-state index contributed by atoms with van der Waals surface area (Å²) in [5.74, 6) is 0.838. The van der Waals surface area contributed by atoms with Gasteiger partial charge < -0.3 is 15.2 Å². The molecule has 1 aliphatic rings. The Balaban J connectivity index is 1.85. The molecule has 0 aromatic heterocycles. The first-order valence-electron chi connectivity index (χ1n) is 6.32. The lowest BCUT2D eigenvalue weighted by Crippen LogP contribution is -2.41. The van der Waals surface area contributed by atoms with E-state index in [0.29, 0.717) is 13.2 Å². The number of methoxy groups -OCH3 is 1. The van der Waals surface area contributed by atoms with Gasteiger partial charge in [-0.2, -0.15) is 0 Å². The predicted molar refractivity (Wildman–Crippen MR) is 75.7 cm³/mol. The first-order chi connectivity index (χ1) is 8.63. The van der Waals surface area contributed by atoms with E-state index >= 15 is 0 Å². The van der Waals surface area contributed by atoms with Gasteiger partial charge in [-0.25, -0.2) is 0 Å². The first-order valence-corrected chi connectivity index (χ1v) is 7.11. The molecule has 0 amide bonds. The SMILES string of the molecule is COc1ccc(COCC2(N)CCCC2)cc1Br. The predicted octanol–water partition coefficient (Wildman–Crippen LogP) is 3.25.